The molecule has 0 atom stereocenters. The van der Waals surface area contributed by atoms with Gasteiger partial charge in [0.15, 0.2) is 0 Å². The molecule has 0 aliphatic rings. The molecule has 6 nitrogen and oxygen atoms in total. The summed E-state index contributed by atoms with van der Waals surface area (Å²) in [6.07, 6.45) is 1.51. The van der Waals surface area contributed by atoms with Crippen LogP contribution < -0.4 is 11.3 Å². The van der Waals surface area contributed by atoms with E-state index in [0.717, 1.165) is 5.56 Å². The van der Waals surface area contributed by atoms with Crippen LogP contribution in [0.15, 0.2) is 35.4 Å². The quantitative estimate of drug-likeness (QED) is 0.599. The molecular weight excluding hydrogens is 344 g/mol. The standard InChI is InChI=1S/C9H7FN2O.C8H10FN.CO2/c1-5-2-6-8(3-7(5)10)11-4-12-9(6)13;1-5-3-6(2)8(10)4-7(5)9;2-1-3/h2-4H,1H3,(H,11,12,13);3-4H,10H2,1-2H3;. The number of anilines is 1. The van der Waals surface area contributed by atoms with Crippen LogP contribution in [0.2, 0.25) is 0 Å². The summed E-state index contributed by atoms with van der Waals surface area (Å²) in [4.78, 5) is 33.8. The second kappa shape index (κ2) is 9.19. The van der Waals surface area contributed by atoms with Gasteiger partial charge >= 0.3 is 6.15 Å². The van der Waals surface area contributed by atoms with Crippen LogP contribution in [0.3, 0.4) is 0 Å². The summed E-state index contributed by atoms with van der Waals surface area (Å²) >= 11 is 0. The summed E-state index contributed by atoms with van der Waals surface area (Å²) in [5.74, 6) is -0.575. The highest BCUT2D eigenvalue weighted by Gasteiger charge is 2.03. The maximum atomic E-state index is 13.0. The SMILES string of the molecule is Cc1cc(C)c(F)cc1N.Cc1cc2c(=O)[nH]cnc2cc1F.O=C=O. The molecule has 0 unspecified atom stereocenters. The molecule has 3 N–H and O–H groups in total. The summed E-state index contributed by atoms with van der Waals surface area (Å²) < 4.78 is 25.7. The first-order valence-electron chi connectivity index (χ1n) is 7.36. The molecule has 0 aliphatic carbocycles. The molecule has 1 aromatic heterocycles. The van der Waals surface area contributed by atoms with Crippen molar-refractivity contribution in [3.63, 3.8) is 0 Å². The van der Waals surface area contributed by atoms with E-state index in [0.29, 0.717) is 27.7 Å². The van der Waals surface area contributed by atoms with Crippen LogP contribution in [0.4, 0.5) is 14.5 Å². The predicted molar refractivity (Wildman–Crippen MR) is 92.4 cm³/mol. The van der Waals surface area contributed by atoms with E-state index in [-0.39, 0.29) is 23.3 Å². The maximum Gasteiger partial charge on any atom is 0.373 e. The number of fused-ring (bicyclic) bond motifs is 1. The van der Waals surface area contributed by atoms with E-state index < -0.39 is 0 Å². The predicted octanol–water partition coefficient (Wildman–Crippen LogP) is 2.81. The molecule has 0 bridgehead atoms. The fourth-order valence-corrected chi connectivity index (χ4v) is 2.04. The lowest BCUT2D eigenvalue weighted by atomic mass is 10.1. The summed E-state index contributed by atoms with van der Waals surface area (Å²) in [7, 11) is 0. The van der Waals surface area contributed by atoms with E-state index in [1.807, 2.05) is 6.92 Å². The second-order valence-electron chi connectivity index (χ2n) is 5.39. The van der Waals surface area contributed by atoms with Crippen LogP contribution in [0.25, 0.3) is 10.9 Å². The highest BCUT2D eigenvalue weighted by atomic mass is 19.1. The van der Waals surface area contributed by atoms with Crippen LogP contribution in [-0.4, -0.2) is 16.1 Å². The molecule has 0 amide bonds. The first-order valence-corrected chi connectivity index (χ1v) is 7.36. The Balaban J connectivity index is 0.000000233. The fourth-order valence-electron chi connectivity index (χ4n) is 2.04. The number of H-pyrrole nitrogens is 1. The molecule has 1 heterocycles. The monoisotopic (exact) mass is 361 g/mol. The van der Waals surface area contributed by atoms with Gasteiger partial charge < -0.3 is 10.7 Å². The number of carbonyl (C=O) groups excluding carboxylic acids is 2. The van der Waals surface area contributed by atoms with E-state index in [9.17, 15) is 13.6 Å². The minimum Gasteiger partial charge on any atom is -0.398 e. The highest BCUT2D eigenvalue weighted by molar-refractivity contribution is 5.77. The topological polar surface area (TPSA) is 106 Å². The van der Waals surface area contributed by atoms with Gasteiger partial charge in [-0.25, -0.2) is 13.8 Å². The van der Waals surface area contributed by atoms with Gasteiger partial charge in [0.1, 0.15) is 11.6 Å². The van der Waals surface area contributed by atoms with Crippen molar-refractivity contribution < 1.29 is 18.4 Å². The number of hydrogen-bond acceptors (Lipinski definition) is 5. The Morgan fingerprint density at radius 1 is 0.962 bits per heavy atom. The van der Waals surface area contributed by atoms with Crippen molar-refractivity contribution in [1.29, 1.82) is 0 Å². The zero-order chi connectivity index (χ0) is 19.9. The first kappa shape index (κ1) is 20.7. The van der Waals surface area contributed by atoms with Crippen molar-refractivity contribution in [2.75, 3.05) is 5.73 Å². The lowest BCUT2D eigenvalue weighted by molar-refractivity contribution is -0.191. The van der Waals surface area contributed by atoms with Gasteiger partial charge in [-0.15, -0.1) is 0 Å². The van der Waals surface area contributed by atoms with Crippen LogP contribution in [0.5, 0.6) is 0 Å². The molecule has 0 aliphatic heterocycles. The van der Waals surface area contributed by atoms with E-state index >= 15 is 0 Å². The van der Waals surface area contributed by atoms with Gasteiger partial charge in [0.05, 0.1) is 17.2 Å². The summed E-state index contributed by atoms with van der Waals surface area (Å²) in [5, 5.41) is 0.418. The summed E-state index contributed by atoms with van der Waals surface area (Å²) in [6.45, 7) is 5.20. The molecule has 3 aromatic rings. The third-order valence-electron chi connectivity index (χ3n) is 3.47. The summed E-state index contributed by atoms with van der Waals surface area (Å²) in [5.41, 5.74) is 8.13. The molecule has 26 heavy (non-hydrogen) atoms. The van der Waals surface area contributed by atoms with Gasteiger partial charge in [0.25, 0.3) is 5.56 Å². The number of benzene rings is 2. The summed E-state index contributed by atoms with van der Waals surface area (Å²) in [6, 6.07) is 5.85. The number of halogens is 2. The number of aromatic nitrogens is 2. The van der Waals surface area contributed by atoms with Crippen LogP contribution >= 0.6 is 0 Å². The number of nitrogens with zero attached hydrogens (tertiary/aromatic N) is 1. The van der Waals surface area contributed by atoms with Crippen LogP contribution in [-0.2, 0) is 9.59 Å². The van der Waals surface area contributed by atoms with Gasteiger partial charge in [-0.1, -0.05) is 6.07 Å². The Morgan fingerprint density at radius 3 is 2.08 bits per heavy atom. The minimum atomic E-state index is -0.342. The van der Waals surface area contributed by atoms with Gasteiger partial charge in [0, 0.05) is 11.8 Å². The van der Waals surface area contributed by atoms with E-state index in [1.165, 1.54) is 24.5 Å². The number of nitrogen functional groups attached to an aromatic ring is 1. The minimum absolute atomic E-state index is 0.233. The lowest BCUT2D eigenvalue weighted by Crippen LogP contribution is -2.06. The Labute approximate surface area is 147 Å². The lowest BCUT2D eigenvalue weighted by Gasteiger charge is -2.01. The van der Waals surface area contributed by atoms with Crippen LogP contribution in [0.1, 0.15) is 16.7 Å². The second-order valence-corrected chi connectivity index (χ2v) is 5.39. The van der Waals surface area contributed by atoms with Crippen molar-refractivity contribution >= 4 is 22.7 Å². The molecule has 0 saturated heterocycles. The highest BCUT2D eigenvalue weighted by Crippen LogP contribution is 2.15. The molecule has 8 heteroatoms. The molecule has 3 rings (SSSR count). The zero-order valence-electron chi connectivity index (χ0n) is 14.4. The van der Waals surface area contributed by atoms with Crippen molar-refractivity contribution in [1.82, 2.24) is 9.97 Å². The van der Waals surface area contributed by atoms with Crippen LogP contribution in [0, 0.1) is 32.4 Å². The van der Waals surface area contributed by atoms with Gasteiger partial charge in [-0.3, -0.25) is 4.79 Å². The molecule has 0 radical (unpaired) electrons. The maximum absolute atomic E-state index is 13.0. The average Bonchev–Trinajstić information content (AvgIpc) is 2.57. The van der Waals surface area contributed by atoms with Gasteiger partial charge in [-0.2, -0.15) is 9.59 Å². The van der Waals surface area contributed by atoms with Gasteiger partial charge in [0.2, 0.25) is 0 Å². The number of hydrogen-bond donors (Lipinski definition) is 2. The van der Waals surface area contributed by atoms with Crippen molar-refractivity contribution in [2.45, 2.75) is 20.8 Å². The number of aryl methyl sites for hydroxylation is 3. The molecule has 0 saturated carbocycles. The zero-order valence-corrected chi connectivity index (χ0v) is 14.4. The number of nitrogens with one attached hydrogen (secondary N) is 1. The van der Waals surface area contributed by atoms with Crippen molar-refractivity contribution in [3.05, 3.63) is 69.3 Å². The smallest absolute Gasteiger partial charge is 0.373 e. The first-order chi connectivity index (χ1) is 12.2. The fraction of sp³-hybridized carbons (Fsp3) is 0.167. The Hall–Kier alpha value is -3.38. The van der Waals surface area contributed by atoms with Gasteiger partial charge in [-0.05, 0) is 49.6 Å². The third kappa shape index (κ3) is 5.32. The third-order valence-corrected chi connectivity index (χ3v) is 3.47. The Kier molecular flexibility index (Phi) is 7.31. The molecule has 136 valence electrons. The van der Waals surface area contributed by atoms with Crippen molar-refractivity contribution in [2.24, 2.45) is 0 Å². The molecule has 2 aromatic carbocycles. The van der Waals surface area contributed by atoms with Crippen molar-refractivity contribution in [3.8, 4) is 0 Å². The average molecular weight is 361 g/mol. The molecule has 0 fully saturated rings. The van der Waals surface area contributed by atoms with E-state index in [1.54, 1.807) is 19.9 Å². The largest absolute Gasteiger partial charge is 0.398 e. The van der Waals surface area contributed by atoms with E-state index in [4.69, 9.17) is 15.3 Å². The van der Waals surface area contributed by atoms with E-state index in [2.05, 4.69) is 9.97 Å². The molecular formula is C18H17F2N3O3. The number of rotatable bonds is 0. The molecule has 0 spiro atoms. The normalized spacial score (nSPS) is 9.42. The Bertz CT molecular complexity index is 960. The Morgan fingerprint density at radius 2 is 1.50 bits per heavy atom. The number of aromatic amines is 1. The number of nitrogens with two attached hydrogens (primary N) is 1.